The third kappa shape index (κ3) is 4.72. The number of piperazine rings is 1. The van der Waals surface area contributed by atoms with Gasteiger partial charge in [0.1, 0.15) is 5.02 Å². The summed E-state index contributed by atoms with van der Waals surface area (Å²) in [6.45, 7) is 4.15. The highest BCUT2D eigenvalue weighted by atomic mass is 35.5. The molecular formula is C18H18Cl2N4O2. The molecule has 136 valence electrons. The summed E-state index contributed by atoms with van der Waals surface area (Å²) in [5, 5.41) is 18.3. The maximum Gasteiger partial charge on any atom is 0.288 e. The number of hydrogen-bond donors (Lipinski definition) is 0. The van der Waals surface area contributed by atoms with Crippen LogP contribution in [0.5, 0.6) is 0 Å². The number of nitrogens with zero attached hydrogens (tertiary/aromatic N) is 4. The lowest BCUT2D eigenvalue weighted by Gasteiger charge is -2.33. The predicted octanol–water partition coefficient (Wildman–Crippen LogP) is 4.05. The summed E-state index contributed by atoms with van der Waals surface area (Å²) in [5.74, 6) is 0. The van der Waals surface area contributed by atoms with Crippen molar-refractivity contribution in [2.75, 3.05) is 26.2 Å². The maximum atomic E-state index is 10.9. The van der Waals surface area contributed by atoms with Gasteiger partial charge in [-0.15, -0.1) is 0 Å². The van der Waals surface area contributed by atoms with Crippen molar-refractivity contribution in [1.82, 2.24) is 9.91 Å². The molecule has 2 aromatic rings. The van der Waals surface area contributed by atoms with Gasteiger partial charge in [0, 0.05) is 49.4 Å². The van der Waals surface area contributed by atoms with Gasteiger partial charge in [0.2, 0.25) is 0 Å². The molecule has 0 amide bonds. The first-order chi connectivity index (χ1) is 12.5. The Morgan fingerprint density at radius 2 is 1.81 bits per heavy atom. The zero-order valence-corrected chi connectivity index (χ0v) is 15.5. The summed E-state index contributed by atoms with van der Waals surface area (Å²) in [6, 6.07) is 12.5. The second kappa shape index (κ2) is 8.49. The lowest BCUT2D eigenvalue weighted by molar-refractivity contribution is -0.384. The Kier molecular flexibility index (Phi) is 6.08. The summed E-state index contributed by atoms with van der Waals surface area (Å²) in [7, 11) is 0. The van der Waals surface area contributed by atoms with Crippen molar-refractivity contribution in [3.8, 4) is 0 Å². The number of halogens is 2. The SMILES string of the molecule is O=[N+]([O-])c1cc(/C=N\N2CCN(Cc3ccccc3Cl)CC2)ccc1Cl. The molecule has 0 bridgehead atoms. The van der Waals surface area contributed by atoms with E-state index in [0.29, 0.717) is 5.56 Å². The summed E-state index contributed by atoms with van der Waals surface area (Å²) in [6.07, 6.45) is 1.63. The fraction of sp³-hybridized carbons (Fsp3) is 0.278. The van der Waals surface area contributed by atoms with Gasteiger partial charge >= 0.3 is 0 Å². The third-order valence-corrected chi connectivity index (χ3v) is 4.93. The van der Waals surface area contributed by atoms with Gasteiger partial charge in [-0.2, -0.15) is 5.10 Å². The van der Waals surface area contributed by atoms with E-state index in [1.165, 1.54) is 12.1 Å². The van der Waals surface area contributed by atoms with Crippen molar-refractivity contribution in [2.24, 2.45) is 5.10 Å². The van der Waals surface area contributed by atoms with Gasteiger partial charge in [-0.25, -0.2) is 0 Å². The second-order valence-corrected chi connectivity index (χ2v) is 6.85. The number of nitro groups is 1. The van der Waals surface area contributed by atoms with Crippen molar-refractivity contribution >= 4 is 35.1 Å². The highest BCUT2D eigenvalue weighted by molar-refractivity contribution is 6.32. The van der Waals surface area contributed by atoms with Crippen LogP contribution in [0.1, 0.15) is 11.1 Å². The van der Waals surface area contributed by atoms with E-state index < -0.39 is 4.92 Å². The molecule has 2 aromatic carbocycles. The van der Waals surface area contributed by atoms with Gasteiger partial charge in [-0.05, 0) is 17.7 Å². The molecular weight excluding hydrogens is 375 g/mol. The molecule has 0 aromatic heterocycles. The Hall–Kier alpha value is -2.15. The van der Waals surface area contributed by atoms with Crippen LogP contribution in [0, 0.1) is 10.1 Å². The van der Waals surface area contributed by atoms with Gasteiger partial charge < -0.3 is 0 Å². The first-order valence-electron chi connectivity index (χ1n) is 8.21. The van der Waals surface area contributed by atoms with Crippen molar-refractivity contribution < 1.29 is 4.92 Å². The lowest BCUT2D eigenvalue weighted by atomic mass is 10.2. The minimum atomic E-state index is -0.493. The van der Waals surface area contributed by atoms with Gasteiger partial charge in [0.15, 0.2) is 0 Å². The molecule has 26 heavy (non-hydrogen) atoms. The number of rotatable bonds is 5. The third-order valence-electron chi connectivity index (χ3n) is 4.24. The molecule has 0 aliphatic carbocycles. The zero-order chi connectivity index (χ0) is 18.5. The van der Waals surface area contributed by atoms with Crippen LogP contribution in [0.2, 0.25) is 10.0 Å². The summed E-state index contributed by atoms with van der Waals surface area (Å²) in [5.41, 5.74) is 1.67. The standard InChI is InChI=1S/C18H18Cl2N4O2/c19-16-4-2-1-3-15(16)13-22-7-9-23(10-8-22)21-12-14-5-6-17(20)18(11-14)24(25)26/h1-6,11-12H,7-10,13H2/b21-12-. The summed E-state index contributed by atoms with van der Waals surface area (Å²) < 4.78 is 0. The van der Waals surface area contributed by atoms with Gasteiger partial charge in [-0.1, -0.05) is 47.5 Å². The van der Waals surface area contributed by atoms with Crippen LogP contribution >= 0.6 is 23.2 Å². The van der Waals surface area contributed by atoms with Gasteiger partial charge in [-0.3, -0.25) is 20.0 Å². The first kappa shape index (κ1) is 18.6. The highest BCUT2D eigenvalue weighted by Crippen LogP contribution is 2.24. The van der Waals surface area contributed by atoms with E-state index in [-0.39, 0.29) is 10.7 Å². The van der Waals surface area contributed by atoms with Crippen molar-refractivity contribution in [3.05, 3.63) is 73.8 Å². The van der Waals surface area contributed by atoms with Crippen LogP contribution in [-0.4, -0.2) is 47.2 Å². The van der Waals surface area contributed by atoms with Crippen molar-refractivity contribution in [1.29, 1.82) is 0 Å². The quantitative estimate of drug-likeness (QED) is 0.437. The molecule has 0 spiro atoms. The molecule has 0 atom stereocenters. The van der Waals surface area contributed by atoms with Crippen LogP contribution in [0.15, 0.2) is 47.6 Å². The number of nitro benzene ring substituents is 1. The molecule has 6 nitrogen and oxygen atoms in total. The van der Waals surface area contributed by atoms with E-state index in [2.05, 4.69) is 10.0 Å². The average Bonchev–Trinajstić information content (AvgIpc) is 2.64. The van der Waals surface area contributed by atoms with E-state index >= 15 is 0 Å². The Morgan fingerprint density at radius 1 is 1.08 bits per heavy atom. The van der Waals surface area contributed by atoms with Crippen LogP contribution in [0.4, 0.5) is 5.69 Å². The molecule has 0 radical (unpaired) electrons. The highest BCUT2D eigenvalue weighted by Gasteiger charge is 2.17. The Bertz CT molecular complexity index is 821. The molecule has 0 saturated carbocycles. The largest absolute Gasteiger partial charge is 0.295 e. The van der Waals surface area contributed by atoms with E-state index in [1.54, 1.807) is 12.3 Å². The summed E-state index contributed by atoms with van der Waals surface area (Å²) in [4.78, 5) is 12.8. The van der Waals surface area contributed by atoms with Crippen LogP contribution in [0.25, 0.3) is 0 Å². The van der Waals surface area contributed by atoms with Crippen molar-refractivity contribution in [2.45, 2.75) is 6.54 Å². The summed E-state index contributed by atoms with van der Waals surface area (Å²) >= 11 is 12.0. The fourth-order valence-corrected chi connectivity index (χ4v) is 3.16. The molecule has 0 unspecified atom stereocenters. The smallest absolute Gasteiger partial charge is 0.288 e. The fourth-order valence-electron chi connectivity index (χ4n) is 2.78. The van der Waals surface area contributed by atoms with Gasteiger partial charge in [0.05, 0.1) is 11.1 Å². The van der Waals surface area contributed by atoms with E-state index in [4.69, 9.17) is 23.2 Å². The number of hydrazone groups is 1. The predicted molar refractivity (Wildman–Crippen MR) is 104 cm³/mol. The van der Waals surface area contributed by atoms with E-state index in [0.717, 1.165) is 43.3 Å². The molecule has 3 rings (SSSR count). The van der Waals surface area contributed by atoms with Crippen LogP contribution < -0.4 is 0 Å². The average molecular weight is 393 g/mol. The van der Waals surface area contributed by atoms with Gasteiger partial charge in [0.25, 0.3) is 5.69 Å². The molecule has 1 aliphatic rings. The topological polar surface area (TPSA) is 62.0 Å². The molecule has 1 saturated heterocycles. The van der Waals surface area contributed by atoms with Crippen molar-refractivity contribution in [3.63, 3.8) is 0 Å². The first-order valence-corrected chi connectivity index (χ1v) is 8.97. The van der Waals surface area contributed by atoms with Crippen LogP contribution in [-0.2, 0) is 6.54 Å². The minimum absolute atomic E-state index is 0.111. The Balaban J connectivity index is 1.55. The maximum absolute atomic E-state index is 10.9. The zero-order valence-electron chi connectivity index (χ0n) is 14.0. The number of benzene rings is 2. The Labute approximate surface area is 161 Å². The lowest BCUT2D eigenvalue weighted by Crippen LogP contribution is -2.43. The van der Waals surface area contributed by atoms with E-state index in [9.17, 15) is 10.1 Å². The molecule has 1 heterocycles. The molecule has 8 heteroatoms. The monoisotopic (exact) mass is 392 g/mol. The van der Waals surface area contributed by atoms with Crippen LogP contribution in [0.3, 0.4) is 0 Å². The second-order valence-electron chi connectivity index (χ2n) is 6.03. The van der Waals surface area contributed by atoms with E-state index in [1.807, 2.05) is 29.3 Å². The molecule has 0 N–H and O–H groups in total. The Morgan fingerprint density at radius 3 is 2.50 bits per heavy atom. The molecule has 1 aliphatic heterocycles. The normalized spacial score (nSPS) is 15.5. The minimum Gasteiger partial charge on any atom is -0.295 e. The number of hydrogen-bond acceptors (Lipinski definition) is 5. The molecule has 1 fully saturated rings.